The quantitative estimate of drug-likeness (QED) is 0.729. The molecule has 6 nitrogen and oxygen atoms in total. The number of rotatable bonds is 6. The minimum atomic E-state index is -3.95. The lowest BCUT2D eigenvalue weighted by atomic mass is 10.3. The lowest BCUT2D eigenvalue weighted by molar-refractivity contribution is 0.355. The fraction of sp³-hybridized carbons (Fsp3) is 0.250. The van der Waals surface area contributed by atoms with Crippen molar-refractivity contribution >= 4 is 38.9 Å². The molecule has 0 aromatic heterocycles. The highest BCUT2D eigenvalue weighted by Crippen LogP contribution is 2.39. The van der Waals surface area contributed by atoms with Crippen molar-refractivity contribution in [3.63, 3.8) is 0 Å². The zero-order valence-corrected chi connectivity index (χ0v) is 16.4. The molecule has 0 saturated carbocycles. The van der Waals surface area contributed by atoms with Crippen LogP contribution < -0.4 is 18.5 Å². The van der Waals surface area contributed by atoms with E-state index in [1.165, 1.54) is 40.5 Å². The fourth-order valence-corrected chi connectivity index (χ4v) is 4.18. The first-order valence-electron chi connectivity index (χ1n) is 7.00. The number of ether oxygens (including phenoxy) is 3. The van der Waals surface area contributed by atoms with Crippen LogP contribution in [0.25, 0.3) is 0 Å². The smallest absolute Gasteiger partial charge is 0.265 e. The van der Waals surface area contributed by atoms with Gasteiger partial charge in [-0.3, -0.25) is 4.31 Å². The van der Waals surface area contributed by atoms with Crippen LogP contribution in [-0.2, 0) is 10.0 Å². The van der Waals surface area contributed by atoms with Crippen LogP contribution in [0.1, 0.15) is 0 Å². The van der Waals surface area contributed by atoms with E-state index in [-0.39, 0.29) is 14.9 Å². The maximum atomic E-state index is 12.9. The van der Waals surface area contributed by atoms with Crippen LogP contribution in [0.5, 0.6) is 17.2 Å². The van der Waals surface area contributed by atoms with Gasteiger partial charge >= 0.3 is 0 Å². The Hall–Kier alpha value is -1.83. The minimum absolute atomic E-state index is 0.0333. The van der Waals surface area contributed by atoms with E-state index in [0.717, 1.165) is 4.31 Å². The lowest BCUT2D eigenvalue weighted by Gasteiger charge is -2.22. The molecule has 0 bridgehead atoms. The van der Waals surface area contributed by atoms with Gasteiger partial charge in [0.1, 0.15) is 15.7 Å². The molecule has 0 radical (unpaired) electrons. The summed E-state index contributed by atoms with van der Waals surface area (Å²) < 4.78 is 42.3. The molecule has 2 aromatic carbocycles. The monoisotopic (exact) mass is 405 g/mol. The van der Waals surface area contributed by atoms with Gasteiger partial charge in [0, 0.05) is 13.1 Å². The zero-order valence-electron chi connectivity index (χ0n) is 14.0. The highest BCUT2D eigenvalue weighted by atomic mass is 35.5. The van der Waals surface area contributed by atoms with Gasteiger partial charge in [-0.2, -0.15) is 0 Å². The second kappa shape index (κ2) is 7.59. The van der Waals surface area contributed by atoms with Gasteiger partial charge in [-0.05, 0) is 24.3 Å². The number of hydrogen-bond donors (Lipinski definition) is 0. The van der Waals surface area contributed by atoms with Crippen LogP contribution in [0.2, 0.25) is 10.0 Å². The Morgan fingerprint density at radius 3 is 1.96 bits per heavy atom. The number of benzene rings is 2. The summed E-state index contributed by atoms with van der Waals surface area (Å²) in [5, 5.41) is -0.0701. The number of nitrogens with zero attached hydrogens (tertiary/aromatic N) is 1. The van der Waals surface area contributed by atoms with E-state index in [0.29, 0.717) is 22.9 Å². The van der Waals surface area contributed by atoms with Crippen LogP contribution in [-0.4, -0.2) is 36.8 Å². The predicted octanol–water partition coefficient (Wildman–Crippen LogP) is 3.84. The minimum Gasteiger partial charge on any atom is -0.495 e. The van der Waals surface area contributed by atoms with E-state index >= 15 is 0 Å². The maximum absolute atomic E-state index is 12.9. The molecule has 0 atom stereocenters. The molecule has 0 heterocycles. The summed E-state index contributed by atoms with van der Waals surface area (Å²) in [6, 6.07) is 7.55. The average Bonchev–Trinajstić information content (AvgIpc) is 2.62. The lowest BCUT2D eigenvalue weighted by Crippen LogP contribution is -2.27. The summed E-state index contributed by atoms with van der Waals surface area (Å²) in [6.07, 6.45) is 0. The average molecular weight is 406 g/mol. The van der Waals surface area contributed by atoms with Gasteiger partial charge < -0.3 is 14.2 Å². The standard InChI is InChI=1S/C16H17Cl2NO5S/c1-19(10-5-6-11(22-2)13(9-10)24-4)25(20,21)14-8-7-12(23-3)15(17)16(14)18/h5-9H,1-4H3. The molecule has 0 fully saturated rings. The normalized spacial score (nSPS) is 11.1. The maximum Gasteiger partial charge on any atom is 0.265 e. The number of methoxy groups -OCH3 is 3. The third-order valence-corrected chi connectivity index (χ3v) is 6.41. The van der Waals surface area contributed by atoms with E-state index in [2.05, 4.69) is 0 Å². The van der Waals surface area contributed by atoms with Gasteiger partial charge in [0.05, 0.1) is 32.0 Å². The molecule has 25 heavy (non-hydrogen) atoms. The van der Waals surface area contributed by atoms with Gasteiger partial charge in [0.15, 0.2) is 11.5 Å². The van der Waals surface area contributed by atoms with E-state index in [1.54, 1.807) is 18.2 Å². The highest BCUT2D eigenvalue weighted by Gasteiger charge is 2.27. The highest BCUT2D eigenvalue weighted by molar-refractivity contribution is 7.93. The predicted molar refractivity (Wildman–Crippen MR) is 98.1 cm³/mol. The Labute approximate surface area is 156 Å². The SMILES string of the molecule is COc1ccc(N(C)S(=O)(=O)c2ccc(OC)c(Cl)c2Cl)cc1OC. The zero-order chi connectivity index (χ0) is 18.8. The summed E-state index contributed by atoms with van der Waals surface area (Å²) >= 11 is 12.2. The summed E-state index contributed by atoms with van der Waals surface area (Å²) in [6.45, 7) is 0. The van der Waals surface area contributed by atoms with E-state index in [4.69, 9.17) is 37.4 Å². The van der Waals surface area contributed by atoms with E-state index < -0.39 is 10.0 Å². The van der Waals surface area contributed by atoms with Gasteiger partial charge in [-0.1, -0.05) is 23.2 Å². The van der Waals surface area contributed by atoms with Gasteiger partial charge in [0.25, 0.3) is 10.0 Å². The molecule has 0 aliphatic carbocycles. The number of hydrogen-bond acceptors (Lipinski definition) is 5. The first kappa shape index (κ1) is 19.5. The second-order valence-electron chi connectivity index (χ2n) is 4.91. The van der Waals surface area contributed by atoms with Crippen molar-refractivity contribution in [3.8, 4) is 17.2 Å². The molecule has 9 heteroatoms. The van der Waals surface area contributed by atoms with Crippen LogP contribution in [0.15, 0.2) is 35.2 Å². The molecule has 136 valence electrons. The van der Waals surface area contributed by atoms with Crippen LogP contribution in [0.4, 0.5) is 5.69 Å². The van der Waals surface area contributed by atoms with E-state index in [1.807, 2.05) is 0 Å². The van der Waals surface area contributed by atoms with Crippen molar-refractivity contribution in [2.45, 2.75) is 4.90 Å². The molecule has 0 N–H and O–H groups in total. The molecule has 0 aliphatic heterocycles. The van der Waals surface area contributed by atoms with Crippen LogP contribution >= 0.6 is 23.2 Å². The third-order valence-electron chi connectivity index (χ3n) is 3.60. The Bertz CT molecular complexity index is 886. The van der Waals surface area contributed by atoms with Crippen molar-refractivity contribution in [2.75, 3.05) is 32.7 Å². The number of sulfonamides is 1. The third kappa shape index (κ3) is 3.58. The van der Waals surface area contributed by atoms with Gasteiger partial charge in [-0.25, -0.2) is 8.42 Å². The van der Waals surface area contributed by atoms with Crippen LogP contribution in [0, 0.1) is 0 Å². The van der Waals surface area contributed by atoms with Crippen molar-refractivity contribution in [3.05, 3.63) is 40.4 Å². The van der Waals surface area contributed by atoms with Crippen molar-refractivity contribution in [1.82, 2.24) is 0 Å². The van der Waals surface area contributed by atoms with Crippen LogP contribution in [0.3, 0.4) is 0 Å². The fourth-order valence-electron chi connectivity index (χ4n) is 2.18. The Morgan fingerprint density at radius 1 is 0.840 bits per heavy atom. The molecular formula is C16H17Cl2NO5S. The summed E-state index contributed by atoms with van der Waals surface area (Å²) in [7, 11) is 1.84. The molecule has 0 amide bonds. The van der Waals surface area contributed by atoms with E-state index in [9.17, 15) is 8.42 Å². The number of anilines is 1. The van der Waals surface area contributed by atoms with Crippen molar-refractivity contribution in [2.24, 2.45) is 0 Å². The molecule has 0 unspecified atom stereocenters. The second-order valence-corrected chi connectivity index (χ2v) is 7.60. The van der Waals surface area contributed by atoms with Gasteiger partial charge in [0.2, 0.25) is 0 Å². The largest absolute Gasteiger partial charge is 0.495 e. The molecule has 2 rings (SSSR count). The molecular weight excluding hydrogens is 389 g/mol. The summed E-state index contributed by atoms with van der Waals surface area (Å²) in [5.74, 6) is 1.18. The summed E-state index contributed by atoms with van der Waals surface area (Å²) in [5.41, 5.74) is 0.376. The van der Waals surface area contributed by atoms with Crippen molar-refractivity contribution in [1.29, 1.82) is 0 Å². The first-order valence-corrected chi connectivity index (χ1v) is 9.20. The first-order chi connectivity index (χ1) is 11.8. The molecule has 2 aromatic rings. The molecule has 0 saturated heterocycles. The topological polar surface area (TPSA) is 65.1 Å². The summed E-state index contributed by atoms with van der Waals surface area (Å²) in [4.78, 5) is -0.128. The number of halogens is 2. The molecule has 0 aliphatic rings. The Morgan fingerprint density at radius 2 is 1.40 bits per heavy atom. The van der Waals surface area contributed by atoms with Crippen molar-refractivity contribution < 1.29 is 22.6 Å². The Kier molecular flexibility index (Phi) is 5.92. The molecule has 0 spiro atoms. The van der Waals surface area contributed by atoms with Gasteiger partial charge in [-0.15, -0.1) is 0 Å². The Balaban J connectivity index is 2.52.